The predicted octanol–water partition coefficient (Wildman–Crippen LogP) is 7.05. The van der Waals surface area contributed by atoms with Crippen LogP contribution < -0.4 is 10.5 Å². The van der Waals surface area contributed by atoms with E-state index in [4.69, 9.17) is 22.1 Å². The van der Waals surface area contributed by atoms with Gasteiger partial charge in [-0.25, -0.2) is 0 Å². The van der Waals surface area contributed by atoms with Gasteiger partial charge in [-0.2, -0.15) is 26.3 Å². The summed E-state index contributed by atoms with van der Waals surface area (Å²) in [4.78, 5) is 3.25. The average Bonchev–Trinajstić information content (AvgIpc) is 2.74. The molecule has 0 aliphatic rings. The summed E-state index contributed by atoms with van der Waals surface area (Å²) in [6, 6.07) is 5.62. The number of aliphatic imine (C=N–C) groups is 1. The molecule has 2 aromatic rings. The van der Waals surface area contributed by atoms with E-state index in [1.165, 1.54) is 25.1 Å². The van der Waals surface area contributed by atoms with Crippen LogP contribution >= 0.6 is 11.6 Å². The van der Waals surface area contributed by atoms with E-state index in [-0.39, 0.29) is 46.7 Å². The number of halogens is 7. The van der Waals surface area contributed by atoms with Gasteiger partial charge in [0.2, 0.25) is 0 Å². The molecular weight excluding hydrogens is 498 g/mol. The predicted molar refractivity (Wildman–Crippen MR) is 125 cm³/mol. The van der Waals surface area contributed by atoms with Crippen molar-refractivity contribution in [1.82, 2.24) is 0 Å². The number of alkyl halides is 6. The summed E-state index contributed by atoms with van der Waals surface area (Å²) >= 11 is 5.72. The molecule has 0 amide bonds. The Labute approximate surface area is 203 Å². The van der Waals surface area contributed by atoms with Crippen LogP contribution in [-0.2, 0) is 6.18 Å². The molecule has 2 aromatic carbocycles. The summed E-state index contributed by atoms with van der Waals surface area (Å²) in [5.41, 5.74) is 2.75. The Bertz CT molecular complexity index is 1150. The van der Waals surface area contributed by atoms with Crippen molar-refractivity contribution in [2.75, 3.05) is 20.2 Å². The fraction of sp³-hybridized carbons (Fsp3) is 0.292. The number of allylic oxidation sites excluding steroid dienone is 3. The topological polar surface area (TPSA) is 67.8 Å². The third kappa shape index (κ3) is 6.79. The van der Waals surface area contributed by atoms with E-state index in [1.54, 1.807) is 0 Å². The standard InChI is InChI=1S/C24H23ClF6N2O2/c1-13(2)16(12-20(33-3)24(29,30)31)15-6-8-19(35-10-4-9-32)21(22(15)34)14-5-7-18(25)17(11-14)23(26,27)28/h5-8,11-12,34H,1,4,9-10,32H2,2-3H3/b16-12+,33-20?. The van der Waals surface area contributed by atoms with Crippen molar-refractivity contribution >= 4 is 22.9 Å². The minimum absolute atomic E-state index is 0.0106. The van der Waals surface area contributed by atoms with Gasteiger partial charge in [0.05, 0.1) is 22.8 Å². The lowest BCUT2D eigenvalue weighted by Gasteiger charge is -2.19. The summed E-state index contributed by atoms with van der Waals surface area (Å²) in [5.74, 6) is -0.589. The number of hydrogen-bond acceptors (Lipinski definition) is 4. The van der Waals surface area contributed by atoms with Crippen molar-refractivity contribution < 1.29 is 36.2 Å². The van der Waals surface area contributed by atoms with E-state index in [0.29, 0.717) is 12.5 Å². The van der Waals surface area contributed by atoms with Gasteiger partial charge in [0.1, 0.15) is 17.2 Å². The molecule has 3 N–H and O–H groups in total. The van der Waals surface area contributed by atoms with Crippen molar-refractivity contribution in [3.63, 3.8) is 0 Å². The molecule has 11 heteroatoms. The van der Waals surface area contributed by atoms with Crippen LogP contribution in [0.3, 0.4) is 0 Å². The summed E-state index contributed by atoms with van der Waals surface area (Å²) in [7, 11) is 0.960. The van der Waals surface area contributed by atoms with Gasteiger partial charge < -0.3 is 15.6 Å². The monoisotopic (exact) mass is 520 g/mol. The second kappa shape index (κ2) is 11.2. The van der Waals surface area contributed by atoms with Gasteiger partial charge in [-0.05, 0) is 61.4 Å². The molecule has 0 unspecified atom stereocenters. The molecule has 0 heterocycles. The first-order valence-electron chi connectivity index (χ1n) is 10.2. The molecule has 2 rings (SSSR count). The first kappa shape index (κ1) is 28.3. The molecule has 0 saturated carbocycles. The number of phenols is 1. The van der Waals surface area contributed by atoms with Crippen LogP contribution in [-0.4, -0.2) is 37.2 Å². The second-order valence-corrected chi connectivity index (χ2v) is 7.87. The van der Waals surface area contributed by atoms with E-state index in [1.807, 2.05) is 0 Å². The van der Waals surface area contributed by atoms with Gasteiger partial charge in [0.15, 0.2) is 0 Å². The molecule has 190 valence electrons. The molecule has 0 aliphatic heterocycles. The molecule has 0 saturated heterocycles. The zero-order valence-corrected chi connectivity index (χ0v) is 19.6. The zero-order valence-electron chi connectivity index (χ0n) is 18.8. The largest absolute Gasteiger partial charge is 0.507 e. The first-order valence-corrected chi connectivity index (χ1v) is 10.6. The smallest absolute Gasteiger partial charge is 0.432 e. The molecule has 0 spiro atoms. The van der Waals surface area contributed by atoms with Gasteiger partial charge in [-0.1, -0.05) is 29.8 Å². The highest BCUT2D eigenvalue weighted by molar-refractivity contribution is 6.31. The fourth-order valence-corrected chi connectivity index (χ4v) is 3.42. The number of ether oxygens (including phenoxy) is 1. The van der Waals surface area contributed by atoms with Gasteiger partial charge in [-0.15, -0.1) is 0 Å². The number of nitrogens with two attached hydrogens (primary N) is 1. The average molecular weight is 521 g/mol. The van der Waals surface area contributed by atoms with Gasteiger partial charge in [-0.3, -0.25) is 4.99 Å². The third-order valence-corrected chi connectivity index (χ3v) is 5.20. The highest BCUT2D eigenvalue weighted by atomic mass is 35.5. The van der Waals surface area contributed by atoms with Gasteiger partial charge in [0.25, 0.3) is 0 Å². The summed E-state index contributed by atoms with van der Waals surface area (Å²) in [6.45, 7) is 5.46. The number of aromatic hydroxyl groups is 1. The highest BCUT2D eigenvalue weighted by Crippen LogP contribution is 2.46. The molecule has 0 aliphatic carbocycles. The van der Waals surface area contributed by atoms with Crippen LogP contribution in [0.5, 0.6) is 11.5 Å². The van der Waals surface area contributed by atoms with Crippen molar-refractivity contribution in [2.24, 2.45) is 10.7 Å². The summed E-state index contributed by atoms with van der Waals surface area (Å²) < 4.78 is 86.0. The highest BCUT2D eigenvalue weighted by Gasteiger charge is 2.35. The number of rotatable bonds is 8. The molecule has 4 nitrogen and oxygen atoms in total. The molecule has 0 aromatic heterocycles. The summed E-state index contributed by atoms with van der Waals surface area (Å²) in [6.07, 6.45) is -8.45. The summed E-state index contributed by atoms with van der Waals surface area (Å²) in [5, 5.41) is 10.6. The Morgan fingerprint density at radius 2 is 1.83 bits per heavy atom. The zero-order chi connectivity index (χ0) is 26.6. The number of nitrogens with zero attached hydrogens (tertiary/aromatic N) is 1. The van der Waals surface area contributed by atoms with E-state index in [9.17, 15) is 31.4 Å². The number of hydrogen-bond donors (Lipinski definition) is 2. The normalized spacial score (nSPS) is 13.2. The maximum atomic E-state index is 13.5. The molecule has 0 radical (unpaired) electrons. The van der Waals surface area contributed by atoms with Crippen LogP contribution in [0.15, 0.2) is 53.6 Å². The van der Waals surface area contributed by atoms with Gasteiger partial charge >= 0.3 is 12.4 Å². The molecule has 0 atom stereocenters. The number of phenolic OH excluding ortho intramolecular Hbond substituents is 1. The van der Waals surface area contributed by atoms with Crippen molar-refractivity contribution in [3.05, 3.63) is 64.7 Å². The Morgan fingerprint density at radius 1 is 1.17 bits per heavy atom. The maximum Gasteiger partial charge on any atom is 0.432 e. The Morgan fingerprint density at radius 3 is 2.34 bits per heavy atom. The lowest BCUT2D eigenvalue weighted by molar-refractivity contribution is -0.137. The van der Waals surface area contributed by atoms with Crippen LogP contribution in [0.2, 0.25) is 5.02 Å². The fourth-order valence-electron chi connectivity index (χ4n) is 3.19. The van der Waals surface area contributed by atoms with Crippen LogP contribution in [0.1, 0.15) is 24.5 Å². The SMILES string of the molecule is C=C(C)/C(=C\C(=NC)C(F)(F)F)c1ccc(OCCCN)c(-c2ccc(Cl)c(C(F)(F)F)c2)c1O. The van der Waals surface area contributed by atoms with Crippen LogP contribution in [0.25, 0.3) is 16.7 Å². The lowest BCUT2D eigenvalue weighted by atomic mass is 9.92. The Hall–Kier alpha value is -2.98. The molecule has 0 bridgehead atoms. The van der Waals surface area contributed by atoms with E-state index < -0.39 is 34.4 Å². The van der Waals surface area contributed by atoms with E-state index in [2.05, 4.69) is 11.6 Å². The minimum Gasteiger partial charge on any atom is -0.507 e. The lowest BCUT2D eigenvalue weighted by Crippen LogP contribution is -2.21. The third-order valence-electron chi connectivity index (χ3n) is 4.87. The van der Waals surface area contributed by atoms with Crippen molar-refractivity contribution in [2.45, 2.75) is 25.7 Å². The Balaban J connectivity index is 2.84. The molecular formula is C24H23ClF6N2O2. The molecule has 0 fully saturated rings. The minimum atomic E-state index is -4.79. The van der Waals surface area contributed by atoms with Crippen LogP contribution in [0, 0.1) is 0 Å². The number of benzene rings is 2. The molecule has 35 heavy (non-hydrogen) atoms. The quantitative estimate of drug-likeness (QED) is 0.170. The first-order chi connectivity index (χ1) is 16.2. The van der Waals surface area contributed by atoms with Crippen molar-refractivity contribution in [1.29, 1.82) is 0 Å². The second-order valence-electron chi connectivity index (χ2n) is 7.46. The van der Waals surface area contributed by atoms with Gasteiger partial charge in [0, 0.05) is 12.6 Å². The Kier molecular flexibility index (Phi) is 9.02. The maximum absolute atomic E-state index is 13.5. The van der Waals surface area contributed by atoms with E-state index in [0.717, 1.165) is 19.2 Å². The van der Waals surface area contributed by atoms with E-state index >= 15 is 0 Å². The van der Waals surface area contributed by atoms with Crippen LogP contribution in [0.4, 0.5) is 26.3 Å². The van der Waals surface area contributed by atoms with Crippen molar-refractivity contribution in [3.8, 4) is 22.6 Å².